The van der Waals surface area contributed by atoms with Gasteiger partial charge < -0.3 is 10.6 Å². The predicted octanol–water partition coefficient (Wildman–Crippen LogP) is 3.22. The molecule has 28 heavy (non-hydrogen) atoms. The van der Waals surface area contributed by atoms with Gasteiger partial charge in [-0.3, -0.25) is 9.52 Å². The van der Waals surface area contributed by atoms with E-state index in [4.69, 9.17) is 0 Å². The highest BCUT2D eigenvalue weighted by atomic mass is 79.9. The van der Waals surface area contributed by atoms with Crippen molar-refractivity contribution in [1.29, 1.82) is 0 Å². The van der Waals surface area contributed by atoms with Crippen LogP contribution in [0.15, 0.2) is 41.1 Å². The van der Waals surface area contributed by atoms with Crippen LogP contribution in [0.25, 0.3) is 0 Å². The first-order chi connectivity index (χ1) is 13.3. The summed E-state index contributed by atoms with van der Waals surface area (Å²) in [7, 11) is -3.49. The predicted molar refractivity (Wildman–Crippen MR) is 113 cm³/mol. The third-order valence-electron chi connectivity index (χ3n) is 4.51. The molecular weight excluding hydrogens is 446 g/mol. The van der Waals surface area contributed by atoms with Crippen molar-refractivity contribution in [3.63, 3.8) is 0 Å². The number of pyridine rings is 2. The second kappa shape index (κ2) is 8.87. The second-order valence-corrected chi connectivity index (χ2v) is 9.49. The number of aromatic nitrogens is 2. The summed E-state index contributed by atoms with van der Waals surface area (Å²) in [5.41, 5.74) is 0.232. The van der Waals surface area contributed by atoms with Crippen LogP contribution in [-0.2, 0) is 14.8 Å². The van der Waals surface area contributed by atoms with Crippen molar-refractivity contribution >= 4 is 49.2 Å². The molecule has 8 nitrogen and oxygen atoms in total. The van der Waals surface area contributed by atoms with Crippen molar-refractivity contribution in [2.24, 2.45) is 5.92 Å². The van der Waals surface area contributed by atoms with Crippen molar-refractivity contribution in [2.75, 3.05) is 21.6 Å². The molecule has 1 fully saturated rings. The number of nitrogens with zero attached hydrogens (tertiary/aromatic N) is 2. The number of amides is 1. The number of nitrogens with one attached hydrogen (secondary N) is 3. The molecule has 0 radical (unpaired) electrons. The summed E-state index contributed by atoms with van der Waals surface area (Å²) in [5, 5.41) is 6.16. The highest BCUT2D eigenvalue weighted by Gasteiger charge is 2.27. The van der Waals surface area contributed by atoms with Crippen LogP contribution in [0.4, 0.5) is 17.3 Å². The van der Waals surface area contributed by atoms with Gasteiger partial charge in [-0.15, -0.1) is 0 Å². The number of anilines is 3. The normalized spacial score (nSPS) is 19.6. The van der Waals surface area contributed by atoms with Crippen LogP contribution in [-0.4, -0.2) is 36.6 Å². The third-order valence-corrected chi connectivity index (χ3v) is 5.53. The van der Waals surface area contributed by atoms with Gasteiger partial charge in [-0.25, -0.2) is 18.4 Å². The second-order valence-electron chi connectivity index (χ2n) is 6.82. The van der Waals surface area contributed by atoms with Crippen molar-refractivity contribution in [1.82, 2.24) is 9.97 Å². The molecular formula is C18H22BrN5O3S. The maximum absolute atomic E-state index is 12.7. The molecule has 0 bridgehead atoms. The van der Waals surface area contributed by atoms with E-state index in [-0.39, 0.29) is 29.4 Å². The molecule has 1 aliphatic rings. The quantitative estimate of drug-likeness (QED) is 0.600. The number of hydrogen-bond acceptors (Lipinski definition) is 6. The van der Waals surface area contributed by atoms with Crippen LogP contribution in [0.5, 0.6) is 0 Å². The van der Waals surface area contributed by atoms with Crippen LogP contribution in [0.1, 0.15) is 25.7 Å². The zero-order chi connectivity index (χ0) is 20.1. The lowest BCUT2D eigenvalue weighted by Crippen LogP contribution is -2.32. The van der Waals surface area contributed by atoms with Gasteiger partial charge >= 0.3 is 0 Å². The van der Waals surface area contributed by atoms with E-state index in [1.807, 2.05) is 18.2 Å². The molecule has 0 spiro atoms. The summed E-state index contributed by atoms with van der Waals surface area (Å²) in [4.78, 5) is 21.1. The van der Waals surface area contributed by atoms with Crippen molar-refractivity contribution in [3.8, 4) is 0 Å². The Morgan fingerprint density at radius 3 is 2.57 bits per heavy atom. The molecule has 0 atom stereocenters. The Morgan fingerprint density at radius 1 is 1.18 bits per heavy atom. The molecule has 0 saturated heterocycles. The lowest BCUT2D eigenvalue weighted by molar-refractivity contribution is -0.120. The van der Waals surface area contributed by atoms with Gasteiger partial charge in [-0.05, 0) is 59.8 Å². The van der Waals surface area contributed by atoms with Gasteiger partial charge in [0.25, 0.3) is 0 Å². The molecule has 10 heteroatoms. The van der Waals surface area contributed by atoms with Gasteiger partial charge in [0.1, 0.15) is 5.82 Å². The van der Waals surface area contributed by atoms with Crippen LogP contribution < -0.4 is 15.4 Å². The molecule has 1 amide bonds. The van der Waals surface area contributed by atoms with E-state index in [0.29, 0.717) is 4.47 Å². The molecule has 0 aromatic carbocycles. The first kappa shape index (κ1) is 20.5. The average Bonchev–Trinajstić information content (AvgIpc) is 2.64. The lowest BCUT2D eigenvalue weighted by atomic mass is 9.85. The Morgan fingerprint density at radius 2 is 1.93 bits per heavy atom. The molecule has 3 N–H and O–H groups in total. The maximum Gasteiger partial charge on any atom is 0.229 e. The minimum atomic E-state index is -3.49. The van der Waals surface area contributed by atoms with Crippen molar-refractivity contribution in [2.45, 2.75) is 31.7 Å². The molecule has 2 heterocycles. The fraction of sp³-hybridized carbons (Fsp3) is 0.389. The summed E-state index contributed by atoms with van der Waals surface area (Å²) < 4.78 is 26.1. The molecule has 1 aliphatic carbocycles. The van der Waals surface area contributed by atoms with Gasteiger partial charge in [0, 0.05) is 28.8 Å². The standard InChI is InChI=1S/C18H22BrN5O3S/c1-28(26,27)24-15-10-13(19)11-21-17(15)23-18(25)12-5-7-14(8-6-12)22-16-4-2-3-9-20-16/h2-4,9-12,14,24H,5-8H2,1H3,(H,20,22)(H,21,23,25). The third kappa shape index (κ3) is 5.90. The number of carbonyl (C=O) groups excluding carboxylic acids is 1. The molecule has 1 saturated carbocycles. The van der Waals surface area contributed by atoms with E-state index in [9.17, 15) is 13.2 Å². The first-order valence-electron chi connectivity index (χ1n) is 8.92. The average molecular weight is 468 g/mol. The zero-order valence-corrected chi connectivity index (χ0v) is 17.8. The molecule has 3 rings (SSSR count). The van der Waals surface area contributed by atoms with Gasteiger partial charge in [0.05, 0.1) is 11.9 Å². The summed E-state index contributed by atoms with van der Waals surface area (Å²) >= 11 is 3.26. The fourth-order valence-electron chi connectivity index (χ4n) is 3.19. The van der Waals surface area contributed by atoms with E-state index < -0.39 is 10.0 Å². The summed E-state index contributed by atoms with van der Waals surface area (Å²) in [6.45, 7) is 0. The zero-order valence-electron chi connectivity index (χ0n) is 15.4. The number of rotatable bonds is 6. The van der Waals surface area contributed by atoms with Gasteiger partial charge in [0.15, 0.2) is 5.82 Å². The Balaban J connectivity index is 1.59. The topological polar surface area (TPSA) is 113 Å². The minimum Gasteiger partial charge on any atom is -0.367 e. The minimum absolute atomic E-state index is 0.140. The van der Waals surface area contributed by atoms with Crippen LogP contribution >= 0.6 is 15.9 Å². The molecule has 2 aromatic heterocycles. The first-order valence-corrected chi connectivity index (χ1v) is 11.6. The summed E-state index contributed by atoms with van der Waals surface area (Å²) in [6.07, 6.45) is 7.50. The van der Waals surface area contributed by atoms with E-state index in [2.05, 4.69) is 41.3 Å². The highest BCUT2D eigenvalue weighted by molar-refractivity contribution is 9.10. The van der Waals surface area contributed by atoms with Gasteiger partial charge in [-0.1, -0.05) is 6.07 Å². The van der Waals surface area contributed by atoms with Crippen LogP contribution in [0.2, 0.25) is 0 Å². The summed E-state index contributed by atoms with van der Waals surface area (Å²) in [6, 6.07) is 7.58. The molecule has 2 aromatic rings. The van der Waals surface area contributed by atoms with Crippen LogP contribution in [0, 0.1) is 5.92 Å². The smallest absolute Gasteiger partial charge is 0.229 e. The van der Waals surface area contributed by atoms with E-state index in [1.165, 1.54) is 6.20 Å². The largest absolute Gasteiger partial charge is 0.367 e. The summed E-state index contributed by atoms with van der Waals surface area (Å²) in [5.74, 6) is 0.749. The SMILES string of the molecule is CS(=O)(=O)Nc1cc(Br)cnc1NC(=O)C1CCC(Nc2ccccn2)CC1. The fourth-order valence-corrected chi connectivity index (χ4v) is 4.08. The highest BCUT2D eigenvalue weighted by Crippen LogP contribution is 2.29. The van der Waals surface area contributed by atoms with Gasteiger partial charge in [-0.2, -0.15) is 0 Å². The number of sulfonamides is 1. The van der Waals surface area contributed by atoms with E-state index >= 15 is 0 Å². The van der Waals surface area contributed by atoms with E-state index in [0.717, 1.165) is 37.8 Å². The molecule has 150 valence electrons. The van der Waals surface area contributed by atoms with Crippen molar-refractivity contribution in [3.05, 3.63) is 41.1 Å². The number of halogens is 1. The lowest BCUT2D eigenvalue weighted by Gasteiger charge is -2.28. The number of hydrogen-bond donors (Lipinski definition) is 3. The molecule has 0 unspecified atom stereocenters. The molecule has 0 aliphatic heterocycles. The van der Waals surface area contributed by atoms with Crippen molar-refractivity contribution < 1.29 is 13.2 Å². The maximum atomic E-state index is 12.7. The Kier molecular flexibility index (Phi) is 6.50. The Bertz CT molecular complexity index is 931. The van der Waals surface area contributed by atoms with Crippen LogP contribution in [0.3, 0.4) is 0 Å². The van der Waals surface area contributed by atoms with E-state index in [1.54, 1.807) is 12.3 Å². The monoisotopic (exact) mass is 467 g/mol. The van der Waals surface area contributed by atoms with Gasteiger partial charge in [0.2, 0.25) is 15.9 Å². The Hall–Kier alpha value is -2.20. The number of carbonyl (C=O) groups is 1. The Labute approximate surface area is 172 Å².